The molecule has 0 spiro atoms. The molecule has 5 nitrogen and oxygen atoms in total. The van der Waals surface area contributed by atoms with Gasteiger partial charge in [-0.05, 0) is 79.4 Å². The van der Waals surface area contributed by atoms with Gasteiger partial charge in [0, 0.05) is 18.4 Å². The Hall–Kier alpha value is -3.09. The minimum atomic E-state index is -2.52. The number of carbonyl (C=O) groups excluding carboxylic acids is 1. The van der Waals surface area contributed by atoms with E-state index >= 15 is 0 Å². The Balaban J connectivity index is 1.38. The maximum atomic E-state index is 12.1. The van der Waals surface area contributed by atoms with Crippen molar-refractivity contribution in [2.45, 2.75) is 71.4 Å². The quantitative estimate of drug-likeness (QED) is 0.278. The molecule has 1 aliphatic rings. The number of carbonyl (C=O) groups is 1. The lowest BCUT2D eigenvalue weighted by atomic mass is 10.1. The summed E-state index contributed by atoms with van der Waals surface area (Å²) in [7, 11) is -2.52. The van der Waals surface area contributed by atoms with Gasteiger partial charge in [-0.15, -0.1) is 0 Å². The topological polar surface area (TPSA) is 56.8 Å². The van der Waals surface area contributed by atoms with Crippen LogP contribution >= 0.6 is 0 Å². The van der Waals surface area contributed by atoms with Crippen LogP contribution in [0.5, 0.6) is 5.75 Å². The molecule has 0 bridgehead atoms. The highest BCUT2D eigenvalue weighted by molar-refractivity contribution is 6.99. The van der Waals surface area contributed by atoms with Crippen LogP contribution < -0.4 is 20.4 Å². The van der Waals surface area contributed by atoms with E-state index in [1.54, 1.807) is 0 Å². The normalized spacial score (nSPS) is 17.9. The van der Waals surface area contributed by atoms with Crippen molar-refractivity contribution < 1.29 is 18.7 Å². The largest absolute Gasteiger partial charge is 0.493 e. The lowest BCUT2D eigenvalue weighted by Gasteiger charge is -2.43. The van der Waals surface area contributed by atoms with Crippen LogP contribution in [0.15, 0.2) is 84.9 Å². The number of benzene rings is 3. The second-order valence-electron chi connectivity index (χ2n) is 13.0. The van der Waals surface area contributed by atoms with Crippen molar-refractivity contribution in [2.75, 3.05) is 18.5 Å². The van der Waals surface area contributed by atoms with Gasteiger partial charge in [0.15, 0.2) is 0 Å². The Morgan fingerprint density at radius 3 is 1.93 bits per heavy atom. The Morgan fingerprint density at radius 1 is 0.800 bits per heavy atom. The van der Waals surface area contributed by atoms with Crippen LogP contribution in [0.2, 0.25) is 5.04 Å². The van der Waals surface area contributed by atoms with E-state index in [1.165, 1.54) is 10.4 Å². The van der Waals surface area contributed by atoms with Crippen LogP contribution in [0.1, 0.15) is 60.8 Å². The van der Waals surface area contributed by atoms with Gasteiger partial charge in [-0.2, -0.15) is 0 Å². The van der Waals surface area contributed by atoms with Crippen LogP contribution in [0.25, 0.3) is 0 Å². The van der Waals surface area contributed by atoms with Crippen molar-refractivity contribution in [2.24, 2.45) is 11.8 Å². The summed E-state index contributed by atoms with van der Waals surface area (Å²) < 4.78 is 18.7. The fraction of sp³-hybridized carbons (Fsp3) is 0.441. The van der Waals surface area contributed by atoms with E-state index in [1.807, 2.05) is 45.0 Å². The highest BCUT2D eigenvalue weighted by Gasteiger charge is 2.50. The Labute approximate surface area is 241 Å². The first-order chi connectivity index (χ1) is 19.0. The van der Waals surface area contributed by atoms with E-state index in [9.17, 15) is 4.79 Å². The van der Waals surface area contributed by atoms with E-state index in [4.69, 9.17) is 13.9 Å². The summed E-state index contributed by atoms with van der Waals surface area (Å²) in [5.41, 5.74) is 0.118. The predicted octanol–water partition coefficient (Wildman–Crippen LogP) is 7.41. The molecule has 0 heterocycles. The van der Waals surface area contributed by atoms with Crippen molar-refractivity contribution in [3.05, 3.63) is 84.9 Å². The molecule has 0 radical (unpaired) electrons. The highest BCUT2D eigenvalue weighted by atomic mass is 28.4. The van der Waals surface area contributed by atoms with E-state index in [2.05, 4.69) is 86.8 Å². The van der Waals surface area contributed by atoms with Crippen LogP contribution in [-0.2, 0) is 9.16 Å². The summed E-state index contributed by atoms with van der Waals surface area (Å²) in [5.74, 6) is 1.74. The van der Waals surface area contributed by atoms with Crippen molar-refractivity contribution in [3.8, 4) is 5.75 Å². The van der Waals surface area contributed by atoms with Crippen molar-refractivity contribution in [1.29, 1.82) is 0 Å². The third-order valence-corrected chi connectivity index (χ3v) is 12.6. The maximum absolute atomic E-state index is 12.1. The predicted molar refractivity (Wildman–Crippen MR) is 166 cm³/mol. The average Bonchev–Trinajstić information content (AvgIpc) is 3.35. The molecule has 0 saturated heterocycles. The summed E-state index contributed by atoms with van der Waals surface area (Å²) in [6.45, 7) is 14.0. The first-order valence-electron chi connectivity index (χ1n) is 14.4. The number of hydrogen-bond acceptors (Lipinski definition) is 4. The highest BCUT2D eigenvalue weighted by Crippen LogP contribution is 2.39. The first-order valence-corrected chi connectivity index (χ1v) is 16.3. The number of anilines is 1. The zero-order valence-electron chi connectivity index (χ0n) is 24.9. The molecule has 1 aliphatic carbocycles. The smallest absolute Gasteiger partial charge is 0.412 e. The maximum Gasteiger partial charge on any atom is 0.412 e. The monoisotopic (exact) mass is 559 g/mol. The Morgan fingerprint density at radius 2 is 1.38 bits per heavy atom. The molecule has 0 aliphatic heterocycles. The Kier molecular flexibility index (Phi) is 9.42. The lowest BCUT2D eigenvalue weighted by molar-refractivity contribution is 0.0636. The van der Waals surface area contributed by atoms with Gasteiger partial charge >= 0.3 is 6.09 Å². The zero-order chi connectivity index (χ0) is 28.8. The number of rotatable bonds is 9. The Bertz CT molecular complexity index is 1190. The van der Waals surface area contributed by atoms with Crippen LogP contribution in [0.4, 0.5) is 10.5 Å². The van der Waals surface area contributed by atoms with E-state index in [-0.39, 0.29) is 5.04 Å². The van der Waals surface area contributed by atoms with Crippen LogP contribution in [0.3, 0.4) is 0 Å². The second kappa shape index (κ2) is 12.6. The van der Waals surface area contributed by atoms with Crippen molar-refractivity contribution in [3.63, 3.8) is 0 Å². The van der Waals surface area contributed by atoms with E-state index in [0.717, 1.165) is 31.6 Å². The molecule has 4 rings (SSSR count). The molecule has 3 aromatic rings. The summed E-state index contributed by atoms with van der Waals surface area (Å²) in [6, 6.07) is 29.2. The van der Waals surface area contributed by atoms with Crippen molar-refractivity contribution in [1.82, 2.24) is 0 Å². The SMILES string of the molecule is CC(C)(C)OC(=O)Nc1cccc(OC[C@H]2CC[C@@H](CO[Si](c3ccccc3)(c3ccccc3)C(C)(C)C)C2)c1. The molecule has 2 atom stereocenters. The molecule has 1 saturated carbocycles. The summed E-state index contributed by atoms with van der Waals surface area (Å²) in [5, 5.41) is 5.42. The molecule has 1 amide bonds. The van der Waals surface area contributed by atoms with Gasteiger partial charge < -0.3 is 13.9 Å². The number of hydrogen-bond donors (Lipinski definition) is 1. The van der Waals surface area contributed by atoms with Gasteiger partial charge in [0.05, 0.1) is 6.61 Å². The summed E-state index contributed by atoms with van der Waals surface area (Å²) >= 11 is 0. The fourth-order valence-corrected chi connectivity index (χ4v) is 10.4. The molecular formula is C34H45NO4Si. The first kappa shape index (κ1) is 29.9. The molecular weight excluding hydrogens is 514 g/mol. The lowest BCUT2D eigenvalue weighted by Crippen LogP contribution is -2.66. The van der Waals surface area contributed by atoms with E-state index in [0.29, 0.717) is 24.1 Å². The molecule has 3 aromatic carbocycles. The fourth-order valence-electron chi connectivity index (χ4n) is 5.78. The second-order valence-corrected chi connectivity index (χ2v) is 17.3. The molecule has 40 heavy (non-hydrogen) atoms. The van der Waals surface area contributed by atoms with E-state index < -0.39 is 20.0 Å². The molecule has 6 heteroatoms. The number of ether oxygens (including phenoxy) is 2. The molecule has 1 fully saturated rings. The molecule has 0 aromatic heterocycles. The van der Waals surface area contributed by atoms with Crippen LogP contribution in [0, 0.1) is 11.8 Å². The average molecular weight is 560 g/mol. The minimum absolute atomic E-state index is 0.0187. The van der Waals surface area contributed by atoms with Crippen LogP contribution in [-0.4, -0.2) is 33.2 Å². The third-order valence-electron chi connectivity index (χ3n) is 7.57. The van der Waals surface area contributed by atoms with Crippen molar-refractivity contribution >= 4 is 30.5 Å². The summed E-state index contributed by atoms with van der Waals surface area (Å²) in [4.78, 5) is 12.1. The minimum Gasteiger partial charge on any atom is -0.493 e. The van der Waals surface area contributed by atoms with Gasteiger partial charge in [0.2, 0.25) is 0 Å². The van der Waals surface area contributed by atoms with Gasteiger partial charge in [0.25, 0.3) is 8.32 Å². The van der Waals surface area contributed by atoms with Gasteiger partial charge in [-0.1, -0.05) is 87.5 Å². The molecule has 214 valence electrons. The van der Waals surface area contributed by atoms with Gasteiger partial charge in [-0.3, -0.25) is 5.32 Å². The zero-order valence-corrected chi connectivity index (χ0v) is 25.9. The molecule has 0 unspecified atom stereocenters. The standard InChI is InChI=1S/C34H45NO4Si/c1-33(2,3)39-32(36)35-28-14-13-15-29(23-28)37-24-26-20-21-27(22-26)25-38-40(34(4,5)6,30-16-9-7-10-17-30)31-18-11-8-12-19-31/h7-19,23,26-27H,20-22,24-25H2,1-6H3,(H,35,36)/t26-,27+/m0/s1. The molecule has 1 N–H and O–H groups in total. The van der Waals surface area contributed by atoms with Gasteiger partial charge in [0.1, 0.15) is 11.4 Å². The summed E-state index contributed by atoms with van der Waals surface area (Å²) in [6.07, 6.45) is 2.90. The number of nitrogens with one attached hydrogen (secondary N) is 1. The number of amides is 1. The third kappa shape index (κ3) is 7.55. The van der Waals surface area contributed by atoms with Gasteiger partial charge in [-0.25, -0.2) is 4.79 Å².